The van der Waals surface area contributed by atoms with Crippen LogP contribution in [0.2, 0.25) is 0 Å². The lowest BCUT2D eigenvalue weighted by Crippen LogP contribution is -2.32. The summed E-state index contributed by atoms with van der Waals surface area (Å²) < 4.78 is 7.52. The van der Waals surface area contributed by atoms with Crippen LogP contribution in [-0.2, 0) is 4.79 Å². The molecule has 1 aliphatic rings. The summed E-state index contributed by atoms with van der Waals surface area (Å²) in [5, 5.41) is 15.2. The highest BCUT2D eigenvalue weighted by Crippen LogP contribution is 2.37. The smallest absolute Gasteiger partial charge is 0.233 e. The van der Waals surface area contributed by atoms with Crippen molar-refractivity contribution < 1.29 is 9.53 Å². The van der Waals surface area contributed by atoms with Gasteiger partial charge in [-0.25, -0.2) is 4.68 Å². The highest BCUT2D eigenvalue weighted by molar-refractivity contribution is 8.00. The maximum absolute atomic E-state index is 12.2. The molecule has 1 unspecified atom stereocenters. The molecule has 0 bridgehead atoms. The predicted octanol–water partition coefficient (Wildman–Crippen LogP) is 2.77. The topological polar surface area (TPSA) is 81.9 Å². The standard InChI is InChI=1S/C18H25N5O2S/c1-13-5-9-16(10-6-13)25-12-4-3-11-19-17(24)14(2)26-18-20-21-22-23(18)15-7-8-15/h5-6,9-10,14-15H,3-4,7-8,11-12H2,1-2H3,(H,19,24). The van der Waals surface area contributed by atoms with Crippen LogP contribution >= 0.6 is 11.8 Å². The van der Waals surface area contributed by atoms with E-state index in [4.69, 9.17) is 4.74 Å². The first-order chi connectivity index (χ1) is 12.6. The van der Waals surface area contributed by atoms with Gasteiger partial charge in [0.2, 0.25) is 11.1 Å². The molecule has 1 atom stereocenters. The maximum atomic E-state index is 12.2. The second-order valence-electron chi connectivity index (χ2n) is 6.56. The fourth-order valence-electron chi connectivity index (χ4n) is 2.43. The van der Waals surface area contributed by atoms with Crippen molar-refractivity contribution in [2.75, 3.05) is 13.2 Å². The number of nitrogens with zero attached hydrogens (tertiary/aromatic N) is 4. The summed E-state index contributed by atoms with van der Waals surface area (Å²) >= 11 is 1.41. The van der Waals surface area contributed by atoms with Gasteiger partial charge in [-0.3, -0.25) is 4.79 Å². The van der Waals surface area contributed by atoms with E-state index in [-0.39, 0.29) is 11.2 Å². The van der Waals surface area contributed by atoms with Gasteiger partial charge in [-0.15, -0.1) is 5.10 Å². The van der Waals surface area contributed by atoms with Gasteiger partial charge in [0.25, 0.3) is 0 Å². The zero-order valence-electron chi connectivity index (χ0n) is 15.2. The van der Waals surface area contributed by atoms with E-state index >= 15 is 0 Å². The number of tetrazole rings is 1. The lowest BCUT2D eigenvalue weighted by molar-refractivity contribution is -0.120. The molecule has 8 heteroatoms. The van der Waals surface area contributed by atoms with Crippen LogP contribution in [0.15, 0.2) is 29.4 Å². The zero-order valence-corrected chi connectivity index (χ0v) is 16.0. The van der Waals surface area contributed by atoms with Gasteiger partial charge >= 0.3 is 0 Å². The Morgan fingerprint density at radius 2 is 2.12 bits per heavy atom. The Bertz CT molecular complexity index is 715. The van der Waals surface area contributed by atoms with Crippen LogP contribution < -0.4 is 10.1 Å². The third kappa shape index (κ3) is 5.45. The van der Waals surface area contributed by atoms with Crippen LogP contribution in [0.1, 0.15) is 44.2 Å². The fourth-order valence-corrected chi connectivity index (χ4v) is 3.31. The second kappa shape index (κ2) is 9.02. The number of carbonyl (C=O) groups excluding carboxylic acids is 1. The summed E-state index contributed by atoms with van der Waals surface area (Å²) in [6, 6.07) is 8.44. The average molecular weight is 375 g/mol. The monoisotopic (exact) mass is 375 g/mol. The molecule has 0 aliphatic heterocycles. The number of nitrogens with one attached hydrogen (secondary N) is 1. The van der Waals surface area contributed by atoms with Crippen molar-refractivity contribution in [3.63, 3.8) is 0 Å². The molecular formula is C18H25N5O2S. The van der Waals surface area contributed by atoms with Gasteiger partial charge in [-0.05, 0) is 62.1 Å². The summed E-state index contributed by atoms with van der Waals surface area (Å²) in [4.78, 5) is 12.2. The van der Waals surface area contributed by atoms with Crippen molar-refractivity contribution in [1.82, 2.24) is 25.5 Å². The SMILES string of the molecule is Cc1ccc(OCCCCNC(=O)C(C)Sc2nnnn2C2CC2)cc1. The minimum absolute atomic E-state index is 0.0137. The molecule has 1 heterocycles. The number of thioether (sulfide) groups is 1. The molecule has 1 N–H and O–H groups in total. The van der Waals surface area contributed by atoms with Gasteiger partial charge in [0.15, 0.2) is 0 Å². The Hall–Kier alpha value is -2.09. The molecule has 2 aromatic rings. The molecule has 1 amide bonds. The first kappa shape index (κ1) is 18.7. The average Bonchev–Trinajstić information content (AvgIpc) is 3.38. The van der Waals surface area contributed by atoms with Gasteiger partial charge in [-0.1, -0.05) is 29.5 Å². The molecule has 0 spiro atoms. The molecule has 1 fully saturated rings. The number of carbonyl (C=O) groups is 1. The van der Waals surface area contributed by atoms with E-state index in [1.54, 1.807) is 0 Å². The van der Waals surface area contributed by atoms with Crippen molar-refractivity contribution in [3.8, 4) is 5.75 Å². The number of benzene rings is 1. The van der Waals surface area contributed by atoms with Crippen molar-refractivity contribution in [1.29, 1.82) is 0 Å². The van der Waals surface area contributed by atoms with Crippen LogP contribution in [0, 0.1) is 6.92 Å². The maximum Gasteiger partial charge on any atom is 0.233 e. The molecule has 0 radical (unpaired) electrons. The molecule has 1 aliphatic carbocycles. The molecule has 7 nitrogen and oxygen atoms in total. The van der Waals surface area contributed by atoms with E-state index in [2.05, 4.69) is 27.8 Å². The van der Waals surface area contributed by atoms with E-state index in [0.717, 1.165) is 36.6 Å². The normalized spacial score (nSPS) is 14.8. The number of amides is 1. The van der Waals surface area contributed by atoms with Gasteiger partial charge < -0.3 is 10.1 Å². The molecular weight excluding hydrogens is 350 g/mol. The Kier molecular flexibility index (Phi) is 6.49. The molecule has 26 heavy (non-hydrogen) atoms. The molecule has 1 aromatic heterocycles. The van der Waals surface area contributed by atoms with E-state index in [9.17, 15) is 4.79 Å². The number of rotatable bonds is 10. The summed E-state index contributed by atoms with van der Waals surface area (Å²) in [6.45, 7) is 5.23. The van der Waals surface area contributed by atoms with Crippen molar-refractivity contribution in [2.24, 2.45) is 0 Å². The summed E-state index contributed by atoms with van der Waals surface area (Å²) in [5.74, 6) is 0.901. The van der Waals surface area contributed by atoms with Gasteiger partial charge in [-0.2, -0.15) is 0 Å². The summed E-state index contributed by atoms with van der Waals surface area (Å²) in [6.07, 6.45) is 4.01. The largest absolute Gasteiger partial charge is 0.494 e. The highest BCUT2D eigenvalue weighted by atomic mass is 32.2. The molecule has 1 aromatic carbocycles. The van der Waals surface area contributed by atoms with E-state index in [1.807, 2.05) is 35.9 Å². The number of ether oxygens (including phenoxy) is 1. The Balaban J connectivity index is 1.29. The third-order valence-corrected chi connectivity index (χ3v) is 5.21. The van der Waals surface area contributed by atoms with E-state index in [0.29, 0.717) is 19.2 Å². The van der Waals surface area contributed by atoms with Gasteiger partial charge in [0, 0.05) is 6.54 Å². The first-order valence-corrected chi connectivity index (χ1v) is 9.93. The van der Waals surface area contributed by atoms with Crippen molar-refractivity contribution >= 4 is 17.7 Å². The summed E-state index contributed by atoms with van der Waals surface area (Å²) in [5.41, 5.74) is 1.22. The number of aryl methyl sites for hydroxylation is 1. The quantitative estimate of drug-likeness (QED) is 0.508. The molecule has 3 rings (SSSR count). The van der Waals surface area contributed by atoms with E-state index in [1.165, 1.54) is 17.3 Å². The predicted molar refractivity (Wildman–Crippen MR) is 100 cm³/mol. The van der Waals surface area contributed by atoms with Crippen LogP contribution in [0.5, 0.6) is 5.75 Å². The van der Waals surface area contributed by atoms with Gasteiger partial charge in [0.05, 0.1) is 17.9 Å². The summed E-state index contributed by atoms with van der Waals surface area (Å²) in [7, 11) is 0. The number of unbranched alkanes of at least 4 members (excludes halogenated alkanes) is 1. The minimum atomic E-state index is -0.220. The Morgan fingerprint density at radius 1 is 1.35 bits per heavy atom. The van der Waals surface area contributed by atoms with E-state index < -0.39 is 0 Å². The zero-order chi connectivity index (χ0) is 18.4. The van der Waals surface area contributed by atoms with Gasteiger partial charge in [0.1, 0.15) is 5.75 Å². The molecule has 1 saturated carbocycles. The Labute approximate surface area is 157 Å². The minimum Gasteiger partial charge on any atom is -0.494 e. The Morgan fingerprint density at radius 3 is 2.85 bits per heavy atom. The molecule has 140 valence electrons. The fraction of sp³-hybridized carbons (Fsp3) is 0.556. The number of aromatic nitrogens is 4. The molecule has 0 saturated heterocycles. The second-order valence-corrected chi connectivity index (χ2v) is 7.86. The third-order valence-electron chi connectivity index (χ3n) is 4.17. The highest BCUT2D eigenvalue weighted by Gasteiger charge is 2.29. The van der Waals surface area contributed by atoms with Crippen LogP contribution in [0.25, 0.3) is 0 Å². The van der Waals surface area contributed by atoms with Crippen molar-refractivity contribution in [2.45, 2.75) is 56.0 Å². The van der Waals surface area contributed by atoms with Crippen molar-refractivity contribution in [3.05, 3.63) is 29.8 Å². The van der Waals surface area contributed by atoms with Crippen LogP contribution in [-0.4, -0.2) is 44.5 Å². The van der Waals surface area contributed by atoms with Crippen LogP contribution in [0.3, 0.4) is 0 Å². The number of hydrogen-bond acceptors (Lipinski definition) is 6. The van der Waals surface area contributed by atoms with Crippen LogP contribution in [0.4, 0.5) is 0 Å². The first-order valence-electron chi connectivity index (χ1n) is 9.05. The lowest BCUT2D eigenvalue weighted by atomic mass is 10.2. The lowest BCUT2D eigenvalue weighted by Gasteiger charge is -2.11. The number of hydrogen-bond donors (Lipinski definition) is 1.